The molecule has 0 saturated heterocycles. The molecule has 0 unspecified atom stereocenters. The molecule has 5 nitrogen and oxygen atoms in total. The summed E-state index contributed by atoms with van der Waals surface area (Å²) in [4.78, 5) is 23.4. The summed E-state index contributed by atoms with van der Waals surface area (Å²) >= 11 is 0. The Balaban J connectivity index is 1.38. The quantitative estimate of drug-likeness (QED) is 0.345. The highest BCUT2D eigenvalue weighted by Crippen LogP contribution is 2.39. The maximum atomic E-state index is 12.4. The van der Waals surface area contributed by atoms with Gasteiger partial charge in [0.2, 0.25) is 0 Å². The van der Waals surface area contributed by atoms with E-state index in [1.165, 1.54) is 44.9 Å². The van der Waals surface area contributed by atoms with Crippen LogP contribution in [0.15, 0.2) is 36.9 Å². The van der Waals surface area contributed by atoms with Gasteiger partial charge in [-0.25, -0.2) is 9.59 Å². The lowest BCUT2D eigenvalue weighted by atomic mass is 9.73. The van der Waals surface area contributed by atoms with Crippen LogP contribution in [-0.4, -0.2) is 31.3 Å². The van der Waals surface area contributed by atoms with Crippen LogP contribution in [-0.2, 0) is 14.3 Å². The molecule has 1 aromatic rings. The van der Waals surface area contributed by atoms with Crippen molar-refractivity contribution in [3.05, 3.63) is 42.5 Å². The number of hydrogen-bond donors (Lipinski definition) is 0. The highest BCUT2D eigenvalue weighted by atomic mass is 16.6. The second-order valence-electron chi connectivity index (χ2n) is 8.08. The average Bonchev–Trinajstić information content (AvgIpc) is 2.78. The molecule has 0 aliphatic heterocycles. The van der Waals surface area contributed by atoms with Gasteiger partial charge >= 0.3 is 11.9 Å². The number of hydrogen-bond acceptors (Lipinski definition) is 5. The predicted octanol–water partition coefficient (Wildman–Crippen LogP) is 5.09. The first-order valence-corrected chi connectivity index (χ1v) is 10.9. The van der Waals surface area contributed by atoms with E-state index in [0.717, 1.165) is 30.8 Å². The van der Waals surface area contributed by atoms with E-state index in [4.69, 9.17) is 14.2 Å². The first kappa shape index (κ1) is 21.4. The molecular weight excluding hydrogens is 368 g/mol. The van der Waals surface area contributed by atoms with E-state index in [0.29, 0.717) is 11.3 Å². The molecule has 29 heavy (non-hydrogen) atoms. The van der Waals surface area contributed by atoms with Crippen LogP contribution >= 0.6 is 0 Å². The van der Waals surface area contributed by atoms with Gasteiger partial charge in [-0.05, 0) is 61.8 Å². The van der Waals surface area contributed by atoms with Gasteiger partial charge in [0.05, 0.1) is 5.56 Å². The Morgan fingerprint density at radius 2 is 1.55 bits per heavy atom. The van der Waals surface area contributed by atoms with E-state index >= 15 is 0 Å². The fourth-order valence-electron chi connectivity index (χ4n) is 4.55. The minimum atomic E-state index is -0.473. The standard InChI is InChI=1S/C24H32O5/c1-2-23(25)28-17-16-27-21-12-10-20(11-13-21)24(26)29-22-14-8-19(9-15-22)18-6-4-3-5-7-18/h2,10-13,18-19,22H,1,3-9,14-17H2. The van der Waals surface area contributed by atoms with E-state index < -0.39 is 5.97 Å². The smallest absolute Gasteiger partial charge is 0.338 e. The third-order valence-electron chi connectivity index (χ3n) is 6.16. The van der Waals surface area contributed by atoms with Gasteiger partial charge in [-0.1, -0.05) is 38.7 Å². The first-order valence-electron chi connectivity index (χ1n) is 10.9. The van der Waals surface area contributed by atoms with Gasteiger partial charge < -0.3 is 14.2 Å². The molecule has 2 aliphatic carbocycles. The van der Waals surface area contributed by atoms with Crippen LogP contribution in [0.2, 0.25) is 0 Å². The molecule has 158 valence electrons. The van der Waals surface area contributed by atoms with Gasteiger partial charge in [0.25, 0.3) is 0 Å². The fourth-order valence-corrected chi connectivity index (χ4v) is 4.55. The van der Waals surface area contributed by atoms with Crippen molar-refractivity contribution in [2.75, 3.05) is 13.2 Å². The molecule has 5 heteroatoms. The lowest BCUT2D eigenvalue weighted by Gasteiger charge is -2.35. The predicted molar refractivity (Wildman–Crippen MR) is 111 cm³/mol. The summed E-state index contributed by atoms with van der Waals surface area (Å²) in [5.74, 6) is 1.60. The van der Waals surface area contributed by atoms with Crippen molar-refractivity contribution < 1.29 is 23.8 Å². The molecule has 2 saturated carbocycles. The Morgan fingerprint density at radius 1 is 0.897 bits per heavy atom. The number of carbonyl (C=O) groups excluding carboxylic acids is 2. The monoisotopic (exact) mass is 400 g/mol. The third kappa shape index (κ3) is 6.62. The number of ether oxygens (including phenoxy) is 3. The van der Waals surface area contributed by atoms with Crippen molar-refractivity contribution in [1.29, 1.82) is 0 Å². The van der Waals surface area contributed by atoms with E-state index in [1.54, 1.807) is 24.3 Å². The molecule has 0 aromatic heterocycles. The van der Waals surface area contributed by atoms with E-state index in [2.05, 4.69) is 6.58 Å². The van der Waals surface area contributed by atoms with Crippen molar-refractivity contribution in [3.8, 4) is 5.75 Å². The highest BCUT2D eigenvalue weighted by molar-refractivity contribution is 5.89. The van der Waals surface area contributed by atoms with Crippen LogP contribution < -0.4 is 4.74 Å². The van der Waals surface area contributed by atoms with Gasteiger partial charge in [0.1, 0.15) is 25.1 Å². The van der Waals surface area contributed by atoms with Crippen molar-refractivity contribution in [3.63, 3.8) is 0 Å². The maximum absolute atomic E-state index is 12.4. The highest BCUT2D eigenvalue weighted by Gasteiger charge is 2.30. The summed E-state index contributed by atoms with van der Waals surface area (Å²) in [6.07, 6.45) is 12.4. The Morgan fingerprint density at radius 3 is 2.21 bits per heavy atom. The zero-order chi connectivity index (χ0) is 20.5. The van der Waals surface area contributed by atoms with Crippen LogP contribution in [0.25, 0.3) is 0 Å². The van der Waals surface area contributed by atoms with Crippen LogP contribution in [0.3, 0.4) is 0 Å². The van der Waals surface area contributed by atoms with Crippen LogP contribution in [0.1, 0.15) is 68.1 Å². The summed E-state index contributed by atoms with van der Waals surface area (Å²) in [5, 5.41) is 0. The zero-order valence-electron chi connectivity index (χ0n) is 17.1. The van der Waals surface area contributed by atoms with Gasteiger partial charge in [-0.2, -0.15) is 0 Å². The molecular formula is C24H32O5. The minimum Gasteiger partial charge on any atom is -0.490 e. The normalized spacial score (nSPS) is 22.5. The zero-order valence-corrected chi connectivity index (χ0v) is 17.1. The van der Waals surface area contributed by atoms with Crippen LogP contribution in [0, 0.1) is 11.8 Å². The Labute approximate surface area is 173 Å². The van der Waals surface area contributed by atoms with Crippen molar-refractivity contribution in [2.45, 2.75) is 63.9 Å². The molecule has 0 radical (unpaired) electrons. The lowest BCUT2D eigenvalue weighted by molar-refractivity contribution is -0.138. The largest absolute Gasteiger partial charge is 0.490 e. The van der Waals surface area contributed by atoms with Crippen molar-refractivity contribution in [1.82, 2.24) is 0 Å². The Bertz CT molecular complexity index is 667. The summed E-state index contributed by atoms with van der Waals surface area (Å²) in [5.41, 5.74) is 0.532. The van der Waals surface area contributed by atoms with E-state index in [-0.39, 0.29) is 25.3 Å². The van der Waals surface area contributed by atoms with Gasteiger partial charge in [0.15, 0.2) is 0 Å². The maximum Gasteiger partial charge on any atom is 0.338 e. The fraction of sp³-hybridized carbons (Fsp3) is 0.583. The molecule has 0 bridgehead atoms. The van der Waals surface area contributed by atoms with E-state index in [9.17, 15) is 9.59 Å². The topological polar surface area (TPSA) is 61.8 Å². The first-order chi connectivity index (χ1) is 14.2. The number of benzene rings is 1. The molecule has 0 amide bonds. The summed E-state index contributed by atoms with van der Waals surface area (Å²) in [7, 11) is 0. The number of rotatable bonds is 8. The molecule has 0 heterocycles. The number of carbonyl (C=O) groups is 2. The molecule has 0 spiro atoms. The van der Waals surface area contributed by atoms with Gasteiger partial charge in [-0.15, -0.1) is 0 Å². The molecule has 2 aliphatic rings. The Kier molecular flexibility index (Phi) is 8.14. The summed E-state index contributed by atoms with van der Waals surface area (Å²) < 4.78 is 16.1. The van der Waals surface area contributed by atoms with E-state index in [1.807, 2.05) is 0 Å². The second kappa shape index (κ2) is 11.0. The number of esters is 2. The molecule has 3 rings (SSSR count). The summed E-state index contributed by atoms with van der Waals surface area (Å²) in [6, 6.07) is 6.87. The molecule has 1 aromatic carbocycles. The van der Waals surface area contributed by atoms with Crippen molar-refractivity contribution in [2.24, 2.45) is 11.8 Å². The summed E-state index contributed by atoms with van der Waals surface area (Å²) in [6.45, 7) is 3.73. The van der Waals surface area contributed by atoms with Crippen LogP contribution in [0.4, 0.5) is 0 Å². The third-order valence-corrected chi connectivity index (χ3v) is 6.16. The lowest BCUT2D eigenvalue weighted by Crippen LogP contribution is -2.28. The Hall–Kier alpha value is -2.30. The van der Waals surface area contributed by atoms with Crippen LogP contribution in [0.5, 0.6) is 5.75 Å². The minimum absolute atomic E-state index is 0.0396. The van der Waals surface area contributed by atoms with Crippen molar-refractivity contribution >= 4 is 11.9 Å². The molecule has 0 N–H and O–H groups in total. The SMILES string of the molecule is C=CC(=O)OCCOc1ccc(C(=O)OC2CCC(C3CCCCC3)CC2)cc1. The van der Waals surface area contributed by atoms with Gasteiger partial charge in [0, 0.05) is 6.08 Å². The van der Waals surface area contributed by atoms with Gasteiger partial charge in [-0.3, -0.25) is 0 Å². The molecule has 0 atom stereocenters. The molecule has 2 fully saturated rings. The second-order valence-corrected chi connectivity index (χ2v) is 8.08. The average molecular weight is 401 g/mol.